The molecule has 0 aromatic heterocycles. The number of anilines is 1. The van der Waals surface area contributed by atoms with Crippen LogP contribution in [0.3, 0.4) is 0 Å². The molecule has 0 heterocycles. The van der Waals surface area contributed by atoms with Crippen molar-refractivity contribution >= 4 is 20.9 Å². The van der Waals surface area contributed by atoms with Gasteiger partial charge >= 0.3 is 15.2 Å². The minimum absolute atomic E-state index is 0. The zero-order chi connectivity index (χ0) is 12.4. The van der Waals surface area contributed by atoms with Gasteiger partial charge in [-0.25, -0.2) is 0 Å². The molecule has 0 atom stereocenters. The van der Waals surface area contributed by atoms with E-state index in [0.29, 0.717) is 0 Å². The average molecular weight is 366 g/mol. The normalized spacial score (nSPS) is 12.1. The molecule has 17 heavy (non-hydrogen) atoms. The van der Waals surface area contributed by atoms with Crippen LogP contribution in [0.4, 0.5) is 5.69 Å². The van der Waals surface area contributed by atoms with Crippen molar-refractivity contribution in [1.82, 2.24) is 0 Å². The predicted octanol–water partition coefficient (Wildman–Crippen LogP) is 0.735. The third-order valence-electron chi connectivity index (χ3n) is 1.71. The largest absolute Gasteiger partial charge is 0.362 e. The molecule has 1 rings (SSSR count). The SMILES string of the molecule is O=P(O)(O)C(Nc1ccccc1)P(=O)(O)O.[99Tc]. The van der Waals surface area contributed by atoms with E-state index in [9.17, 15) is 9.13 Å². The van der Waals surface area contributed by atoms with Gasteiger partial charge in [0.05, 0.1) is 0 Å². The summed E-state index contributed by atoms with van der Waals surface area (Å²) in [6.07, 6.45) is 0. The van der Waals surface area contributed by atoms with Crippen LogP contribution in [0, 0.1) is 0 Å². The predicted molar refractivity (Wildman–Crippen MR) is 57.9 cm³/mol. The zero-order valence-corrected chi connectivity index (χ0v) is 12.0. The molecular weight excluding hydrogens is 355 g/mol. The summed E-state index contributed by atoms with van der Waals surface area (Å²) in [4.78, 5) is 35.3. The zero-order valence-electron chi connectivity index (χ0n) is 8.34. The van der Waals surface area contributed by atoms with Crippen LogP contribution in [0.25, 0.3) is 0 Å². The van der Waals surface area contributed by atoms with Crippen LogP contribution in [-0.2, 0) is 29.2 Å². The summed E-state index contributed by atoms with van der Waals surface area (Å²) in [5.74, 6) is 0. The second-order valence-corrected chi connectivity index (χ2v) is 6.86. The molecule has 7 nitrogen and oxygen atoms in total. The van der Waals surface area contributed by atoms with Crippen LogP contribution in [0.5, 0.6) is 0 Å². The molecule has 0 spiro atoms. The molecule has 0 fully saturated rings. The number of hydrogen-bond donors (Lipinski definition) is 5. The van der Waals surface area contributed by atoms with Gasteiger partial charge in [-0.1, -0.05) is 18.2 Å². The Hall–Kier alpha value is -0.0306. The number of rotatable bonds is 4. The van der Waals surface area contributed by atoms with E-state index in [1.165, 1.54) is 12.1 Å². The fraction of sp³-hybridized carbons (Fsp3) is 0.143. The maximum Gasteiger partial charge on any atom is 0.360 e. The first kappa shape index (κ1) is 17.0. The van der Waals surface area contributed by atoms with Crippen molar-refractivity contribution in [1.29, 1.82) is 0 Å². The number of nitrogens with one attached hydrogen (secondary N) is 1. The van der Waals surface area contributed by atoms with Crippen LogP contribution < -0.4 is 5.32 Å². The molecule has 0 aliphatic rings. The molecule has 0 bridgehead atoms. The first-order chi connectivity index (χ1) is 7.21. The van der Waals surface area contributed by atoms with E-state index in [1.807, 2.05) is 0 Å². The van der Waals surface area contributed by atoms with Crippen molar-refractivity contribution in [3.8, 4) is 0 Å². The van der Waals surface area contributed by atoms with Gasteiger partial charge in [0, 0.05) is 25.8 Å². The Labute approximate surface area is 111 Å². The van der Waals surface area contributed by atoms with Crippen molar-refractivity contribution in [3.63, 3.8) is 0 Å². The second-order valence-electron chi connectivity index (χ2n) is 3.06. The van der Waals surface area contributed by atoms with Crippen LogP contribution in [0.15, 0.2) is 30.3 Å². The smallest absolute Gasteiger partial charge is 0.360 e. The van der Waals surface area contributed by atoms with Crippen LogP contribution >= 0.6 is 15.2 Å². The van der Waals surface area contributed by atoms with Gasteiger partial charge in [-0.3, -0.25) is 9.13 Å². The molecule has 0 aliphatic heterocycles. The Morgan fingerprint density at radius 1 is 0.941 bits per heavy atom. The quantitative estimate of drug-likeness (QED) is 0.498. The monoisotopic (exact) mass is 366 g/mol. The third kappa shape index (κ3) is 5.42. The molecule has 10 heteroatoms. The fourth-order valence-electron chi connectivity index (χ4n) is 1.05. The molecule has 1 radical (unpaired) electrons. The van der Waals surface area contributed by atoms with E-state index in [0.717, 1.165) is 0 Å². The van der Waals surface area contributed by atoms with E-state index in [-0.39, 0.29) is 25.8 Å². The molecule has 0 saturated carbocycles. The molecule has 0 saturated heterocycles. The Morgan fingerprint density at radius 3 is 1.71 bits per heavy atom. The van der Waals surface area contributed by atoms with Crippen molar-refractivity contribution in [2.75, 3.05) is 5.32 Å². The minimum atomic E-state index is -4.94. The molecule has 97 valence electrons. The summed E-state index contributed by atoms with van der Waals surface area (Å²) in [6.45, 7) is 0. The molecule has 1 aromatic rings. The van der Waals surface area contributed by atoms with E-state index in [4.69, 9.17) is 19.6 Å². The molecule has 5 N–H and O–H groups in total. The van der Waals surface area contributed by atoms with Gasteiger partial charge in [0.15, 0.2) is 0 Å². The third-order valence-corrected chi connectivity index (χ3v) is 5.04. The summed E-state index contributed by atoms with van der Waals surface area (Å²) < 4.78 is 21.8. The second kappa shape index (κ2) is 6.23. The van der Waals surface area contributed by atoms with E-state index in [2.05, 4.69) is 5.32 Å². The van der Waals surface area contributed by atoms with E-state index < -0.39 is 20.7 Å². The van der Waals surface area contributed by atoms with Gasteiger partial charge in [0.25, 0.3) is 0 Å². The van der Waals surface area contributed by atoms with Gasteiger partial charge < -0.3 is 24.9 Å². The summed E-state index contributed by atoms with van der Waals surface area (Å²) >= 11 is 0. The molecule has 0 aliphatic carbocycles. The molecular formula is C7H11NO6P2Tc. The first-order valence-electron chi connectivity index (χ1n) is 4.13. The Kier molecular flexibility index (Phi) is 6.22. The van der Waals surface area contributed by atoms with Crippen LogP contribution in [0.2, 0.25) is 0 Å². The van der Waals surface area contributed by atoms with Crippen molar-refractivity contribution < 1.29 is 48.8 Å². The summed E-state index contributed by atoms with van der Waals surface area (Å²) in [5, 5.41) is 2.13. The van der Waals surface area contributed by atoms with Crippen molar-refractivity contribution in [2.24, 2.45) is 0 Å². The average Bonchev–Trinajstić information content (AvgIpc) is 2.12. The van der Waals surface area contributed by atoms with Gasteiger partial charge in [-0.2, -0.15) is 0 Å². The fourth-order valence-corrected chi connectivity index (χ4v) is 3.25. The minimum Gasteiger partial charge on any atom is -0.362 e. The van der Waals surface area contributed by atoms with Crippen LogP contribution in [-0.4, -0.2) is 25.1 Å². The van der Waals surface area contributed by atoms with Crippen molar-refractivity contribution in [2.45, 2.75) is 5.52 Å². The summed E-state index contributed by atoms with van der Waals surface area (Å²) in [7, 11) is -9.87. The van der Waals surface area contributed by atoms with Gasteiger partial charge in [0.1, 0.15) is 0 Å². The van der Waals surface area contributed by atoms with E-state index in [1.54, 1.807) is 18.2 Å². The number of benzene rings is 1. The Bertz CT molecular complexity index is 421. The molecule has 1 aromatic carbocycles. The topological polar surface area (TPSA) is 127 Å². The summed E-state index contributed by atoms with van der Waals surface area (Å²) in [6, 6.07) is 7.68. The van der Waals surface area contributed by atoms with Crippen molar-refractivity contribution in [3.05, 3.63) is 30.3 Å². The number of hydrogen-bond acceptors (Lipinski definition) is 3. The Balaban J connectivity index is 0.00000256. The Morgan fingerprint density at radius 2 is 1.35 bits per heavy atom. The first-order valence-corrected chi connectivity index (χ1v) is 7.49. The van der Waals surface area contributed by atoms with Gasteiger partial charge in [-0.05, 0) is 12.1 Å². The standard InChI is InChI=1S/C7H11NO6P2.Tc/c9-15(10,11)7(16(12,13)14)8-6-4-2-1-3-5-6;/h1-5,7-8H,(H2,9,10,11)(H2,12,13,14);/i;1+1. The van der Waals surface area contributed by atoms with E-state index >= 15 is 0 Å². The maximum atomic E-state index is 10.9. The molecule has 0 unspecified atom stereocenters. The van der Waals surface area contributed by atoms with Gasteiger partial charge in [-0.15, -0.1) is 0 Å². The van der Waals surface area contributed by atoms with Crippen LogP contribution in [0.1, 0.15) is 0 Å². The maximum absolute atomic E-state index is 10.9. The molecule has 0 amide bonds. The van der Waals surface area contributed by atoms with Gasteiger partial charge in [0.2, 0.25) is 5.52 Å². The summed E-state index contributed by atoms with van der Waals surface area (Å²) in [5.41, 5.74) is -2.00. The number of para-hydroxylation sites is 1.